The highest BCUT2D eigenvalue weighted by molar-refractivity contribution is 5.49. The van der Waals surface area contributed by atoms with E-state index in [2.05, 4.69) is 0 Å². The minimum absolute atomic E-state index is 0.125. The van der Waals surface area contributed by atoms with Crippen molar-refractivity contribution in [2.45, 2.75) is 26.8 Å². The highest BCUT2D eigenvalue weighted by atomic mass is 19.1. The summed E-state index contributed by atoms with van der Waals surface area (Å²) in [4.78, 5) is 0. The van der Waals surface area contributed by atoms with Crippen LogP contribution in [0.25, 0.3) is 0 Å². The van der Waals surface area contributed by atoms with Gasteiger partial charge in [-0.1, -0.05) is 12.1 Å². The van der Waals surface area contributed by atoms with Gasteiger partial charge in [-0.3, -0.25) is 0 Å². The van der Waals surface area contributed by atoms with Crippen LogP contribution in [0, 0.1) is 32.4 Å². The number of methoxy groups -OCH3 is 1. The molecule has 2 aromatic carbocycles. The maximum absolute atomic E-state index is 14.3. The van der Waals surface area contributed by atoms with Crippen LogP contribution in [-0.2, 0) is 0 Å². The number of hydrogen-bond acceptors (Lipinski definition) is 2. The zero-order valence-electron chi connectivity index (χ0n) is 12.6. The molecule has 112 valence electrons. The average Bonchev–Trinajstić information content (AvgIpc) is 2.42. The van der Waals surface area contributed by atoms with Crippen molar-refractivity contribution in [2.24, 2.45) is 5.73 Å². The van der Waals surface area contributed by atoms with E-state index >= 15 is 0 Å². The molecule has 1 unspecified atom stereocenters. The quantitative estimate of drug-likeness (QED) is 0.929. The number of benzene rings is 2. The van der Waals surface area contributed by atoms with Crippen molar-refractivity contribution in [1.82, 2.24) is 0 Å². The summed E-state index contributed by atoms with van der Waals surface area (Å²) in [6.45, 7) is 5.37. The van der Waals surface area contributed by atoms with Gasteiger partial charge in [-0.2, -0.15) is 0 Å². The van der Waals surface area contributed by atoms with Gasteiger partial charge in [-0.05, 0) is 49.6 Å². The van der Waals surface area contributed by atoms with Crippen LogP contribution in [0.1, 0.15) is 33.9 Å². The van der Waals surface area contributed by atoms with Gasteiger partial charge in [0, 0.05) is 11.1 Å². The minimum atomic E-state index is -0.916. The van der Waals surface area contributed by atoms with Crippen molar-refractivity contribution in [3.05, 3.63) is 63.7 Å². The summed E-state index contributed by atoms with van der Waals surface area (Å²) in [6.07, 6.45) is 0. The fourth-order valence-corrected chi connectivity index (χ4v) is 2.61. The Kier molecular flexibility index (Phi) is 4.28. The Bertz CT molecular complexity index is 683. The standard InChI is InChI=1S/C17H19F2NO/c1-9-7-11(3)14(13(8-9)21-4)17(20)15-12(18)6-5-10(2)16(15)19/h5-8,17H,20H2,1-4H3. The summed E-state index contributed by atoms with van der Waals surface area (Å²) in [7, 11) is 1.52. The topological polar surface area (TPSA) is 35.2 Å². The van der Waals surface area contributed by atoms with E-state index < -0.39 is 17.7 Å². The zero-order chi connectivity index (χ0) is 15.7. The first-order valence-corrected chi connectivity index (χ1v) is 6.72. The summed E-state index contributed by atoms with van der Waals surface area (Å²) in [5.74, 6) is -0.711. The third-order valence-electron chi connectivity index (χ3n) is 3.65. The number of aryl methyl sites for hydroxylation is 3. The lowest BCUT2D eigenvalue weighted by Crippen LogP contribution is -2.18. The molecular formula is C17H19F2NO. The predicted molar refractivity (Wildman–Crippen MR) is 79.6 cm³/mol. The van der Waals surface area contributed by atoms with Crippen LogP contribution in [-0.4, -0.2) is 7.11 Å². The van der Waals surface area contributed by atoms with Crippen LogP contribution in [0.4, 0.5) is 8.78 Å². The molecule has 2 N–H and O–H groups in total. The van der Waals surface area contributed by atoms with E-state index in [1.54, 1.807) is 6.92 Å². The van der Waals surface area contributed by atoms with Crippen molar-refractivity contribution < 1.29 is 13.5 Å². The second-order valence-electron chi connectivity index (χ2n) is 5.27. The molecule has 0 aliphatic heterocycles. The third kappa shape index (κ3) is 2.76. The van der Waals surface area contributed by atoms with Gasteiger partial charge < -0.3 is 10.5 Å². The largest absolute Gasteiger partial charge is 0.496 e. The molecular weight excluding hydrogens is 272 g/mol. The minimum Gasteiger partial charge on any atom is -0.496 e. The fourth-order valence-electron chi connectivity index (χ4n) is 2.61. The van der Waals surface area contributed by atoms with Gasteiger partial charge in [0.2, 0.25) is 0 Å². The fraction of sp³-hybridized carbons (Fsp3) is 0.294. The summed E-state index contributed by atoms with van der Waals surface area (Å²) in [5, 5.41) is 0. The third-order valence-corrected chi connectivity index (χ3v) is 3.65. The first-order valence-electron chi connectivity index (χ1n) is 6.72. The lowest BCUT2D eigenvalue weighted by molar-refractivity contribution is 0.405. The van der Waals surface area contributed by atoms with Crippen LogP contribution in [0.3, 0.4) is 0 Å². The van der Waals surface area contributed by atoms with Crippen molar-refractivity contribution in [3.63, 3.8) is 0 Å². The molecule has 0 aromatic heterocycles. The SMILES string of the molecule is COc1cc(C)cc(C)c1C(N)c1c(F)ccc(C)c1F. The van der Waals surface area contributed by atoms with Crippen molar-refractivity contribution >= 4 is 0 Å². The van der Waals surface area contributed by atoms with E-state index in [0.29, 0.717) is 16.9 Å². The molecule has 0 aliphatic carbocycles. The zero-order valence-corrected chi connectivity index (χ0v) is 12.6. The van der Waals surface area contributed by atoms with E-state index in [4.69, 9.17) is 10.5 Å². The van der Waals surface area contributed by atoms with E-state index in [9.17, 15) is 8.78 Å². The first kappa shape index (κ1) is 15.4. The molecule has 0 aliphatic rings. The van der Waals surface area contributed by atoms with Crippen LogP contribution in [0.5, 0.6) is 5.75 Å². The summed E-state index contributed by atoms with van der Waals surface area (Å²) >= 11 is 0. The summed E-state index contributed by atoms with van der Waals surface area (Å²) in [6, 6.07) is 5.46. The highest BCUT2D eigenvalue weighted by Gasteiger charge is 2.24. The summed E-state index contributed by atoms with van der Waals surface area (Å²) in [5.41, 5.74) is 8.85. The van der Waals surface area contributed by atoms with Crippen molar-refractivity contribution in [2.75, 3.05) is 7.11 Å². The van der Waals surface area contributed by atoms with Crippen LogP contribution >= 0.6 is 0 Å². The lowest BCUT2D eigenvalue weighted by Gasteiger charge is -2.21. The van der Waals surface area contributed by atoms with Crippen LogP contribution in [0.2, 0.25) is 0 Å². The van der Waals surface area contributed by atoms with Gasteiger partial charge >= 0.3 is 0 Å². The highest BCUT2D eigenvalue weighted by Crippen LogP contribution is 2.35. The number of halogens is 2. The molecule has 0 fully saturated rings. The number of nitrogens with two attached hydrogens (primary N) is 1. The second-order valence-corrected chi connectivity index (χ2v) is 5.27. The van der Waals surface area contributed by atoms with Gasteiger partial charge in [0.05, 0.1) is 13.2 Å². The molecule has 2 nitrogen and oxygen atoms in total. The normalized spacial score (nSPS) is 12.3. The van der Waals surface area contributed by atoms with Gasteiger partial charge in [0.15, 0.2) is 0 Å². The molecule has 0 bridgehead atoms. The monoisotopic (exact) mass is 291 g/mol. The molecule has 0 spiro atoms. The molecule has 4 heteroatoms. The Hall–Kier alpha value is -1.94. The maximum Gasteiger partial charge on any atom is 0.134 e. The molecule has 21 heavy (non-hydrogen) atoms. The smallest absolute Gasteiger partial charge is 0.134 e. The molecule has 2 aromatic rings. The number of ether oxygens (including phenoxy) is 1. The maximum atomic E-state index is 14.3. The Morgan fingerprint density at radius 1 is 1.00 bits per heavy atom. The van der Waals surface area contributed by atoms with E-state index in [-0.39, 0.29) is 5.56 Å². The Morgan fingerprint density at radius 2 is 1.67 bits per heavy atom. The number of hydrogen-bond donors (Lipinski definition) is 1. The number of rotatable bonds is 3. The summed E-state index contributed by atoms with van der Waals surface area (Å²) < 4.78 is 33.7. The predicted octanol–water partition coefficient (Wildman–Crippen LogP) is 3.95. The van der Waals surface area contributed by atoms with Gasteiger partial charge in [0.1, 0.15) is 17.4 Å². The Morgan fingerprint density at radius 3 is 2.29 bits per heavy atom. The molecule has 0 amide bonds. The lowest BCUT2D eigenvalue weighted by atomic mass is 9.92. The van der Waals surface area contributed by atoms with Gasteiger partial charge in [-0.25, -0.2) is 8.78 Å². The van der Waals surface area contributed by atoms with E-state index in [1.807, 2.05) is 26.0 Å². The van der Waals surface area contributed by atoms with Gasteiger partial charge in [0.25, 0.3) is 0 Å². The van der Waals surface area contributed by atoms with Crippen LogP contribution < -0.4 is 10.5 Å². The van der Waals surface area contributed by atoms with Crippen molar-refractivity contribution in [3.8, 4) is 5.75 Å². The molecule has 2 rings (SSSR count). The van der Waals surface area contributed by atoms with E-state index in [1.165, 1.54) is 19.2 Å². The van der Waals surface area contributed by atoms with Crippen LogP contribution in [0.15, 0.2) is 24.3 Å². The molecule has 0 saturated carbocycles. The molecule has 0 radical (unpaired) electrons. The second kappa shape index (κ2) is 5.82. The van der Waals surface area contributed by atoms with E-state index in [0.717, 1.165) is 11.1 Å². The molecule has 0 heterocycles. The Labute approximate surface area is 123 Å². The van der Waals surface area contributed by atoms with Gasteiger partial charge in [-0.15, -0.1) is 0 Å². The molecule has 1 atom stereocenters. The Balaban J connectivity index is 2.66. The molecule has 0 saturated heterocycles. The first-order chi connectivity index (χ1) is 9.86. The van der Waals surface area contributed by atoms with Crippen molar-refractivity contribution in [1.29, 1.82) is 0 Å². The average molecular weight is 291 g/mol.